The van der Waals surface area contributed by atoms with Crippen LogP contribution in [0.4, 0.5) is 5.69 Å². The van der Waals surface area contributed by atoms with Gasteiger partial charge in [0.1, 0.15) is 0 Å². The number of rotatable bonds is 6. The van der Waals surface area contributed by atoms with Gasteiger partial charge in [-0.25, -0.2) is 0 Å². The van der Waals surface area contributed by atoms with Crippen molar-refractivity contribution in [2.24, 2.45) is 0 Å². The summed E-state index contributed by atoms with van der Waals surface area (Å²) in [6.07, 6.45) is 3.20. The zero-order valence-corrected chi connectivity index (χ0v) is 17.8. The van der Waals surface area contributed by atoms with Gasteiger partial charge in [0.25, 0.3) is 0 Å². The summed E-state index contributed by atoms with van der Waals surface area (Å²) in [7, 11) is 0. The number of nitrogens with one attached hydrogen (secondary N) is 1. The van der Waals surface area contributed by atoms with Gasteiger partial charge in [-0.3, -0.25) is 14.7 Å². The number of pyridine rings is 1. The van der Waals surface area contributed by atoms with Crippen molar-refractivity contribution >= 4 is 11.6 Å². The number of anilines is 1. The van der Waals surface area contributed by atoms with Crippen LogP contribution >= 0.6 is 0 Å². The van der Waals surface area contributed by atoms with Crippen LogP contribution in [0.25, 0.3) is 0 Å². The van der Waals surface area contributed by atoms with E-state index in [1.165, 1.54) is 35.7 Å². The first-order valence-corrected chi connectivity index (χ1v) is 10.7. The van der Waals surface area contributed by atoms with Gasteiger partial charge in [0.15, 0.2) is 0 Å². The lowest BCUT2D eigenvalue weighted by Crippen LogP contribution is -2.23. The molecule has 1 aromatic heterocycles. The number of amides is 1. The van der Waals surface area contributed by atoms with E-state index in [0.717, 1.165) is 37.3 Å². The van der Waals surface area contributed by atoms with Crippen LogP contribution in [0.5, 0.6) is 0 Å². The van der Waals surface area contributed by atoms with Gasteiger partial charge in [-0.05, 0) is 61.7 Å². The quantitative estimate of drug-likeness (QED) is 0.614. The number of hydrogen-bond acceptors (Lipinski definition) is 3. The normalized spacial score (nSPS) is 16.5. The van der Waals surface area contributed by atoms with Gasteiger partial charge in [0.2, 0.25) is 5.91 Å². The number of nitrogens with zero attached hydrogens (tertiary/aromatic N) is 2. The number of carbonyl (C=O) groups is 1. The van der Waals surface area contributed by atoms with Crippen molar-refractivity contribution in [3.63, 3.8) is 0 Å². The Morgan fingerprint density at radius 1 is 1.03 bits per heavy atom. The van der Waals surface area contributed by atoms with Crippen molar-refractivity contribution in [2.45, 2.75) is 45.7 Å². The first-order chi connectivity index (χ1) is 14.6. The Kier molecular flexibility index (Phi) is 6.24. The maximum Gasteiger partial charge on any atom is 0.221 e. The average molecular weight is 400 g/mol. The molecule has 0 saturated carbocycles. The lowest BCUT2D eigenvalue weighted by Gasteiger charge is -2.24. The molecule has 3 aromatic rings. The SMILES string of the molecule is CC(=O)Nc1ccc(CN2CCC[C@@H]2c2cccc(Cc3ccc(C)cc3)n2)cc1. The Hall–Kier alpha value is -2.98. The summed E-state index contributed by atoms with van der Waals surface area (Å²) >= 11 is 0. The molecule has 4 heteroatoms. The molecule has 0 radical (unpaired) electrons. The third-order valence-electron chi connectivity index (χ3n) is 5.70. The van der Waals surface area contributed by atoms with E-state index in [9.17, 15) is 4.79 Å². The Morgan fingerprint density at radius 3 is 2.50 bits per heavy atom. The largest absolute Gasteiger partial charge is 0.326 e. The highest BCUT2D eigenvalue weighted by atomic mass is 16.1. The van der Waals surface area contributed by atoms with E-state index in [-0.39, 0.29) is 5.91 Å². The molecule has 4 nitrogen and oxygen atoms in total. The lowest BCUT2D eigenvalue weighted by molar-refractivity contribution is -0.114. The Balaban J connectivity index is 1.45. The Labute approximate surface area is 179 Å². The van der Waals surface area contributed by atoms with Crippen molar-refractivity contribution in [3.8, 4) is 0 Å². The molecule has 4 rings (SSSR count). The summed E-state index contributed by atoms with van der Waals surface area (Å²) in [5.41, 5.74) is 6.98. The maximum atomic E-state index is 11.2. The van der Waals surface area contributed by atoms with E-state index < -0.39 is 0 Å². The van der Waals surface area contributed by atoms with Gasteiger partial charge in [-0.1, -0.05) is 48.0 Å². The molecule has 154 valence electrons. The van der Waals surface area contributed by atoms with Crippen LogP contribution in [-0.2, 0) is 17.8 Å². The van der Waals surface area contributed by atoms with Crippen molar-refractivity contribution in [1.29, 1.82) is 0 Å². The predicted molar refractivity (Wildman–Crippen MR) is 121 cm³/mol. The lowest BCUT2D eigenvalue weighted by atomic mass is 10.1. The van der Waals surface area contributed by atoms with Crippen molar-refractivity contribution in [1.82, 2.24) is 9.88 Å². The Morgan fingerprint density at radius 2 is 1.77 bits per heavy atom. The van der Waals surface area contributed by atoms with E-state index in [1.54, 1.807) is 0 Å². The third-order valence-corrected chi connectivity index (χ3v) is 5.70. The van der Waals surface area contributed by atoms with Crippen LogP contribution in [0.1, 0.15) is 53.9 Å². The van der Waals surface area contributed by atoms with Gasteiger partial charge in [-0.15, -0.1) is 0 Å². The fourth-order valence-electron chi connectivity index (χ4n) is 4.18. The topological polar surface area (TPSA) is 45.2 Å². The standard InChI is InChI=1S/C26H29N3O/c1-19-8-10-21(11-9-19)17-24-5-3-6-25(28-24)26-7-4-16-29(26)18-22-12-14-23(15-13-22)27-20(2)30/h3,5-6,8-15,26H,4,7,16-18H2,1-2H3,(H,27,30)/t26-/m1/s1. The molecule has 1 atom stereocenters. The average Bonchev–Trinajstić information content (AvgIpc) is 3.19. The minimum absolute atomic E-state index is 0.0426. The van der Waals surface area contributed by atoms with Gasteiger partial charge in [0.05, 0.1) is 11.7 Å². The zero-order valence-electron chi connectivity index (χ0n) is 17.8. The van der Waals surface area contributed by atoms with Gasteiger partial charge in [-0.2, -0.15) is 0 Å². The van der Waals surface area contributed by atoms with Gasteiger partial charge in [0, 0.05) is 31.3 Å². The molecular formula is C26H29N3O. The third kappa shape index (κ3) is 5.14. The minimum Gasteiger partial charge on any atom is -0.326 e. The van der Waals surface area contributed by atoms with Gasteiger partial charge < -0.3 is 5.32 Å². The molecule has 0 bridgehead atoms. The molecule has 1 aliphatic rings. The molecule has 0 unspecified atom stereocenters. The van der Waals surface area contributed by atoms with Gasteiger partial charge >= 0.3 is 0 Å². The van der Waals surface area contributed by atoms with Crippen molar-refractivity contribution in [3.05, 3.63) is 94.8 Å². The van der Waals surface area contributed by atoms with E-state index in [2.05, 4.69) is 71.7 Å². The summed E-state index contributed by atoms with van der Waals surface area (Å²) in [4.78, 5) is 18.7. The number of benzene rings is 2. The molecule has 30 heavy (non-hydrogen) atoms. The first-order valence-electron chi connectivity index (χ1n) is 10.7. The van der Waals surface area contributed by atoms with Crippen LogP contribution in [0.3, 0.4) is 0 Å². The molecular weight excluding hydrogens is 370 g/mol. The van der Waals surface area contributed by atoms with Crippen LogP contribution in [-0.4, -0.2) is 22.3 Å². The second-order valence-electron chi connectivity index (χ2n) is 8.22. The van der Waals surface area contributed by atoms with E-state index in [4.69, 9.17) is 4.98 Å². The highest BCUT2D eigenvalue weighted by molar-refractivity contribution is 5.88. The second-order valence-corrected chi connectivity index (χ2v) is 8.22. The Bertz CT molecular complexity index is 996. The van der Waals surface area contributed by atoms with Crippen molar-refractivity contribution in [2.75, 3.05) is 11.9 Å². The molecule has 1 amide bonds. The van der Waals surface area contributed by atoms with Crippen molar-refractivity contribution < 1.29 is 4.79 Å². The molecule has 1 aliphatic heterocycles. The summed E-state index contributed by atoms with van der Waals surface area (Å²) in [5, 5.41) is 2.83. The predicted octanol–water partition coefficient (Wildman–Crippen LogP) is 5.28. The highest BCUT2D eigenvalue weighted by Gasteiger charge is 2.27. The molecule has 1 fully saturated rings. The molecule has 1 saturated heterocycles. The number of likely N-dealkylation sites (tertiary alicyclic amines) is 1. The summed E-state index contributed by atoms with van der Waals surface area (Å²) in [6, 6.07) is 23.7. The fourth-order valence-corrected chi connectivity index (χ4v) is 4.18. The van der Waals surface area contributed by atoms with E-state index >= 15 is 0 Å². The second kappa shape index (κ2) is 9.23. The highest BCUT2D eigenvalue weighted by Crippen LogP contribution is 2.32. The van der Waals surface area contributed by atoms with Crippen LogP contribution < -0.4 is 5.32 Å². The van der Waals surface area contributed by atoms with Crippen LogP contribution in [0, 0.1) is 6.92 Å². The first kappa shape index (κ1) is 20.3. The maximum absolute atomic E-state index is 11.2. The molecule has 2 heterocycles. The number of hydrogen-bond donors (Lipinski definition) is 1. The summed E-state index contributed by atoms with van der Waals surface area (Å²) < 4.78 is 0. The summed E-state index contributed by atoms with van der Waals surface area (Å²) in [5.74, 6) is -0.0426. The summed E-state index contributed by atoms with van der Waals surface area (Å²) in [6.45, 7) is 5.63. The fraction of sp³-hybridized carbons (Fsp3) is 0.308. The molecule has 2 aromatic carbocycles. The minimum atomic E-state index is -0.0426. The monoisotopic (exact) mass is 399 g/mol. The van der Waals surface area contributed by atoms with Crippen LogP contribution in [0.15, 0.2) is 66.7 Å². The molecule has 0 spiro atoms. The zero-order chi connectivity index (χ0) is 20.9. The van der Waals surface area contributed by atoms with E-state index in [0.29, 0.717) is 6.04 Å². The molecule has 0 aliphatic carbocycles. The smallest absolute Gasteiger partial charge is 0.221 e. The molecule has 1 N–H and O–H groups in total. The van der Waals surface area contributed by atoms with Crippen LogP contribution in [0.2, 0.25) is 0 Å². The van der Waals surface area contributed by atoms with E-state index in [1.807, 2.05) is 12.1 Å². The number of carbonyl (C=O) groups excluding carboxylic acids is 1. The number of aromatic nitrogens is 1. The number of aryl methyl sites for hydroxylation is 1.